The van der Waals surface area contributed by atoms with E-state index in [0.717, 1.165) is 49.5 Å². The zero-order valence-corrected chi connectivity index (χ0v) is 20.8. The van der Waals surface area contributed by atoms with Gasteiger partial charge in [-0.15, -0.1) is 0 Å². The molecule has 1 aliphatic rings. The van der Waals surface area contributed by atoms with Crippen LogP contribution in [0.5, 0.6) is 5.75 Å². The van der Waals surface area contributed by atoms with Crippen LogP contribution in [0.1, 0.15) is 65.2 Å². The molecule has 30 heavy (non-hydrogen) atoms. The predicted molar refractivity (Wildman–Crippen MR) is 124 cm³/mol. The molecule has 0 spiro atoms. The van der Waals surface area contributed by atoms with Crippen LogP contribution in [-0.4, -0.2) is 56.0 Å². The SMILES string of the molecule is CCOP(=O)(Cc1cc(C(C)(C)C)c(O)c(C(C)(C)C)c1)NCCN1CCOCC1. The molecule has 7 heteroatoms. The van der Waals surface area contributed by atoms with Crippen molar-refractivity contribution in [3.63, 3.8) is 0 Å². The lowest BCUT2D eigenvalue weighted by molar-refractivity contribution is 0.0389. The summed E-state index contributed by atoms with van der Waals surface area (Å²) in [6.07, 6.45) is 0.302. The molecule has 1 fully saturated rings. The molecular formula is C23H41N2O4P. The maximum absolute atomic E-state index is 13.6. The lowest BCUT2D eigenvalue weighted by atomic mass is 9.78. The Morgan fingerprint density at radius 2 is 1.63 bits per heavy atom. The summed E-state index contributed by atoms with van der Waals surface area (Å²) in [5.41, 5.74) is 2.24. The largest absolute Gasteiger partial charge is 0.507 e. The normalized spacial score (nSPS) is 18.4. The van der Waals surface area contributed by atoms with E-state index in [9.17, 15) is 9.67 Å². The topological polar surface area (TPSA) is 71.0 Å². The fourth-order valence-corrected chi connectivity index (χ4v) is 5.54. The van der Waals surface area contributed by atoms with Crippen molar-refractivity contribution in [2.45, 2.75) is 65.5 Å². The smallest absolute Gasteiger partial charge is 0.274 e. The third-order valence-corrected chi connectivity index (χ3v) is 7.56. The number of phenolic OH excluding ortho intramolecular Hbond substituents is 1. The van der Waals surface area contributed by atoms with E-state index in [1.807, 2.05) is 19.1 Å². The fraction of sp³-hybridized carbons (Fsp3) is 0.739. The summed E-state index contributed by atoms with van der Waals surface area (Å²) in [6.45, 7) is 19.5. The van der Waals surface area contributed by atoms with Gasteiger partial charge in [-0.1, -0.05) is 53.7 Å². The summed E-state index contributed by atoms with van der Waals surface area (Å²) in [5.74, 6) is 0.338. The van der Waals surface area contributed by atoms with E-state index in [-0.39, 0.29) is 10.8 Å². The molecule has 1 aliphatic heterocycles. The Kier molecular flexibility index (Phi) is 8.57. The number of ether oxygens (including phenoxy) is 1. The molecule has 2 N–H and O–H groups in total. The highest BCUT2D eigenvalue weighted by atomic mass is 31.2. The van der Waals surface area contributed by atoms with Gasteiger partial charge in [-0.25, -0.2) is 5.09 Å². The zero-order chi connectivity index (χ0) is 22.6. The van der Waals surface area contributed by atoms with E-state index < -0.39 is 7.52 Å². The van der Waals surface area contributed by atoms with E-state index in [4.69, 9.17) is 9.26 Å². The van der Waals surface area contributed by atoms with Gasteiger partial charge in [0.05, 0.1) is 26.0 Å². The minimum absolute atomic E-state index is 0.223. The van der Waals surface area contributed by atoms with Gasteiger partial charge in [-0.05, 0) is 34.4 Å². The number of aromatic hydroxyl groups is 1. The van der Waals surface area contributed by atoms with Crippen molar-refractivity contribution in [3.05, 3.63) is 28.8 Å². The Hall–Kier alpha value is -0.910. The summed E-state index contributed by atoms with van der Waals surface area (Å²) in [6, 6.07) is 3.97. The molecule has 0 aliphatic carbocycles. The number of hydrogen-bond donors (Lipinski definition) is 2. The number of nitrogens with one attached hydrogen (secondary N) is 1. The number of morpholine rings is 1. The number of hydrogen-bond acceptors (Lipinski definition) is 5. The van der Waals surface area contributed by atoms with Gasteiger partial charge in [-0.2, -0.15) is 0 Å². The molecule has 0 amide bonds. The molecule has 1 unspecified atom stereocenters. The van der Waals surface area contributed by atoms with Gasteiger partial charge < -0.3 is 14.4 Å². The second kappa shape index (κ2) is 10.1. The standard InChI is InChI=1S/C23H41N2O4P/c1-8-29-30(27,24-9-10-25-11-13-28-14-12-25)17-18-15-19(22(2,3)4)21(26)20(16-18)23(5,6)7/h15-16,26H,8-14,17H2,1-7H3,(H,24,27). The van der Waals surface area contributed by atoms with Gasteiger partial charge in [0.25, 0.3) is 7.52 Å². The van der Waals surface area contributed by atoms with E-state index in [0.29, 0.717) is 25.1 Å². The van der Waals surface area contributed by atoms with Crippen LogP contribution in [0.25, 0.3) is 0 Å². The second-order valence-corrected chi connectivity index (χ2v) is 12.4. The van der Waals surface area contributed by atoms with E-state index >= 15 is 0 Å². The first-order valence-corrected chi connectivity index (χ1v) is 12.8. The molecule has 6 nitrogen and oxygen atoms in total. The van der Waals surface area contributed by atoms with Crippen LogP contribution >= 0.6 is 7.52 Å². The van der Waals surface area contributed by atoms with Gasteiger partial charge in [0, 0.05) is 26.2 Å². The second-order valence-electron chi connectivity index (χ2n) is 10.2. The Morgan fingerprint density at radius 3 is 2.10 bits per heavy atom. The van der Waals surface area contributed by atoms with Crippen molar-refractivity contribution in [2.75, 3.05) is 46.0 Å². The van der Waals surface area contributed by atoms with Gasteiger partial charge >= 0.3 is 0 Å². The van der Waals surface area contributed by atoms with Crippen molar-refractivity contribution >= 4 is 7.52 Å². The highest BCUT2D eigenvalue weighted by Crippen LogP contribution is 2.48. The first kappa shape index (κ1) is 25.4. The monoisotopic (exact) mass is 440 g/mol. The average molecular weight is 441 g/mol. The van der Waals surface area contributed by atoms with Crippen molar-refractivity contribution in [1.29, 1.82) is 0 Å². The summed E-state index contributed by atoms with van der Waals surface area (Å²) in [5, 5.41) is 14.2. The van der Waals surface area contributed by atoms with Crippen molar-refractivity contribution in [3.8, 4) is 5.75 Å². The van der Waals surface area contributed by atoms with Crippen molar-refractivity contribution in [1.82, 2.24) is 9.99 Å². The molecule has 0 radical (unpaired) electrons. The molecule has 0 saturated carbocycles. The molecule has 0 aromatic heterocycles. The van der Waals surface area contributed by atoms with E-state index in [1.54, 1.807) is 0 Å². The molecule has 1 heterocycles. The Bertz CT molecular complexity index is 712. The van der Waals surface area contributed by atoms with Gasteiger partial charge in [-0.3, -0.25) is 9.46 Å². The molecule has 2 rings (SSSR count). The highest BCUT2D eigenvalue weighted by molar-refractivity contribution is 7.56. The van der Waals surface area contributed by atoms with Crippen LogP contribution in [0.2, 0.25) is 0 Å². The summed E-state index contributed by atoms with van der Waals surface area (Å²) < 4.78 is 24.7. The Morgan fingerprint density at radius 1 is 1.10 bits per heavy atom. The maximum Gasteiger partial charge on any atom is 0.274 e. The number of nitrogens with zero attached hydrogens (tertiary/aromatic N) is 1. The number of phenols is 1. The third-order valence-electron chi connectivity index (χ3n) is 5.40. The molecule has 1 atom stereocenters. The Balaban J connectivity index is 2.25. The average Bonchev–Trinajstić information content (AvgIpc) is 2.62. The number of benzene rings is 1. The van der Waals surface area contributed by atoms with E-state index in [2.05, 4.69) is 51.5 Å². The quantitative estimate of drug-likeness (QED) is 0.574. The first-order chi connectivity index (χ1) is 13.9. The molecule has 1 aromatic rings. The lowest BCUT2D eigenvalue weighted by Gasteiger charge is -2.29. The first-order valence-electron chi connectivity index (χ1n) is 11.0. The summed E-state index contributed by atoms with van der Waals surface area (Å²) in [7, 11) is -3.06. The minimum atomic E-state index is -3.06. The minimum Gasteiger partial charge on any atom is -0.507 e. The number of rotatable bonds is 8. The summed E-state index contributed by atoms with van der Waals surface area (Å²) >= 11 is 0. The van der Waals surface area contributed by atoms with Gasteiger partial charge in [0.15, 0.2) is 0 Å². The maximum atomic E-state index is 13.6. The van der Waals surface area contributed by atoms with Crippen LogP contribution in [0.4, 0.5) is 0 Å². The van der Waals surface area contributed by atoms with Crippen LogP contribution in [-0.2, 0) is 30.8 Å². The predicted octanol–water partition coefficient (Wildman–Crippen LogP) is 4.64. The van der Waals surface area contributed by atoms with Crippen LogP contribution in [0.15, 0.2) is 12.1 Å². The van der Waals surface area contributed by atoms with Crippen LogP contribution < -0.4 is 5.09 Å². The zero-order valence-electron chi connectivity index (χ0n) is 19.9. The van der Waals surface area contributed by atoms with Crippen molar-refractivity contribution < 1.29 is 18.9 Å². The van der Waals surface area contributed by atoms with Gasteiger partial charge in [0.2, 0.25) is 0 Å². The summed E-state index contributed by atoms with van der Waals surface area (Å²) in [4.78, 5) is 2.31. The molecule has 172 valence electrons. The van der Waals surface area contributed by atoms with Gasteiger partial charge in [0.1, 0.15) is 5.75 Å². The highest BCUT2D eigenvalue weighted by Gasteiger charge is 2.29. The van der Waals surface area contributed by atoms with Crippen molar-refractivity contribution in [2.24, 2.45) is 0 Å². The molecule has 1 aromatic carbocycles. The molecular weight excluding hydrogens is 399 g/mol. The molecule has 1 saturated heterocycles. The lowest BCUT2D eigenvalue weighted by Crippen LogP contribution is -2.40. The van der Waals surface area contributed by atoms with E-state index in [1.165, 1.54) is 0 Å². The van der Waals surface area contributed by atoms with Crippen LogP contribution in [0.3, 0.4) is 0 Å². The Labute approximate surface area is 182 Å². The van der Waals surface area contributed by atoms with Crippen LogP contribution in [0, 0.1) is 0 Å². The molecule has 0 bridgehead atoms. The fourth-order valence-electron chi connectivity index (χ4n) is 3.73. The third kappa shape index (κ3) is 7.06.